The Morgan fingerprint density at radius 2 is 1.94 bits per heavy atom. The molecule has 0 atom stereocenters. The van der Waals surface area contributed by atoms with Gasteiger partial charge in [0, 0.05) is 19.2 Å². The van der Waals surface area contributed by atoms with Gasteiger partial charge in [0.2, 0.25) is 0 Å². The number of aliphatic carboxylic acids is 1. The molecule has 5 nitrogen and oxygen atoms in total. The van der Waals surface area contributed by atoms with Gasteiger partial charge in [-0.2, -0.15) is 0 Å². The standard InChI is InChI=1S/C13H16N2O3/c16-12(17)7-4-9-14-13(18)15-10-8-11-5-2-1-3-6-11/h1-3,5-6,8,10H,4,7,9H2,(H,16,17)(H2,14,15,18)/b10-8+. The Hall–Kier alpha value is -2.30. The van der Waals surface area contributed by atoms with Gasteiger partial charge in [0.05, 0.1) is 0 Å². The van der Waals surface area contributed by atoms with Crippen LogP contribution in [0.25, 0.3) is 6.08 Å². The van der Waals surface area contributed by atoms with Gasteiger partial charge >= 0.3 is 12.0 Å². The summed E-state index contributed by atoms with van der Waals surface area (Å²) >= 11 is 0. The monoisotopic (exact) mass is 248 g/mol. The van der Waals surface area contributed by atoms with E-state index >= 15 is 0 Å². The van der Waals surface area contributed by atoms with Crippen molar-refractivity contribution in [2.24, 2.45) is 0 Å². The fourth-order valence-corrected chi connectivity index (χ4v) is 1.27. The van der Waals surface area contributed by atoms with Crippen LogP contribution in [0.3, 0.4) is 0 Å². The molecule has 0 radical (unpaired) electrons. The van der Waals surface area contributed by atoms with E-state index < -0.39 is 5.97 Å². The smallest absolute Gasteiger partial charge is 0.318 e. The third kappa shape index (κ3) is 6.32. The zero-order valence-electron chi connectivity index (χ0n) is 9.93. The first-order chi connectivity index (χ1) is 8.68. The molecule has 0 aliphatic carbocycles. The van der Waals surface area contributed by atoms with Crippen LogP contribution in [-0.4, -0.2) is 23.7 Å². The number of carbonyl (C=O) groups excluding carboxylic acids is 1. The van der Waals surface area contributed by atoms with Crippen molar-refractivity contribution >= 4 is 18.1 Å². The van der Waals surface area contributed by atoms with Crippen LogP contribution in [0.2, 0.25) is 0 Å². The molecule has 18 heavy (non-hydrogen) atoms. The fraction of sp³-hybridized carbons (Fsp3) is 0.231. The summed E-state index contributed by atoms with van der Waals surface area (Å²) in [6.45, 7) is 0.345. The number of carboxylic acids is 1. The molecule has 2 amide bonds. The molecule has 5 heteroatoms. The van der Waals surface area contributed by atoms with Crippen LogP contribution in [0, 0.1) is 0 Å². The van der Waals surface area contributed by atoms with Crippen LogP contribution < -0.4 is 10.6 Å². The lowest BCUT2D eigenvalue weighted by Gasteiger charge is -2.02. The van der Waals surface area contributed by atoms with Gasteiger partial charge in [-0.1, -0.05) is 30.3 Å². The summed E-state index contributed by atoms with van der Waals surface area (Å²) < 4.78 is 0. The maximum atomic E-state index is 11.3. The van der Waals surface area contributed by atoms with Gasteiger partial charge in [-0.15, -0.1) is 0 Å². The van der Waals surface area contributed by atoms with Gasteiger partial charge in [-0.25, -0.2) is 4.79 Å². The first kappa shape index (κ1) is 13.8. The Morgan fingerprint density at radius 1 is 1.22 bits per heavy atom. The van der Waals surface area contributed by atoms with E-state index in [2.05, 4.69) is 10.6 Å². The second-order valence-electron chi connectivity index (χ2n) is 3.64. The highest BCUT2D eigenvalue weighted by Crippen LogP contribution is 1.99. The van der Waals surface area contributed by atoms with E-state index in [1.54, 1.807) is 12.3 Å². The average molecular weight is 248 g/mol. The van der Waals surface area contributed by atoms with Gasteiger partial charge in [-0.3, -0.25) is 4.79 Å². The number of carboxylic acid groups (broad SMARTS) is 1. The van der Waals surface area contributed by atoms with Gasteiger partial charge in [0.25, 0.3) is 0 Å². The van der Waals surface area contributed by atoms with E-state index in [-0.39, 0.29) is 12.5 Å². The first-order valence-corrected chi connectivity index (χ1v) is 5.66. The van der Waals surface area contributed by atoms with Crippen molar-refractivity contribution in [3.8, 4) is 0 Å². The summed E-state index contributed by atoms with van der Waals surface area (Å²) in [5, 5.41) is 13.5. The van der Waals surface area contributed by atoms with Crippen molar-refractivity contribution in [2.45, 2.75) is 12.8 Å². The van der Waals surface area contributed by atoms with Gasteiger partial charge in [0.1, 0.15) is 0 Å². The lowest BCUT2D eigenvalue weighted by atomic mass is 10.2. The quantitative estimate of drug-likeness (QED) is 0.672. The number of rotatable bonds is 6. The molecular formula is C13H16N2O3. The van der Waals surface area contributed by atoms with Crippen LogP contribution in [-0.2, 0) is 4.79 Å². The largest absolute Gasteiger partial charge is 0.481 e. The molecule has 0 aromatic heterocycles. The second kappa shape index (κ2) is 7.89. The van der Waals surface area contributed by atoms with Crippen molar-refractivity contribution < 1.29 is 14.7 Å². The molecule has 3 N–H and O–H groups in total. The number of hydrogen-bond donors (Lipinski definition) is 3. The van der Waals surface area contributed by atoms with Crippen LogP contribution >= 0.6 is 0 Å². The average Bonchev–Trinajstić information content (AvgIpc) is 2.36. The molecule has 0 heterocycles. The van der Waals surface area contributed by atoms with Crippen molar-refractivity contribution in [3.05, 3.63) is 42.1 Å². The molecule has 0 spiro atoms. The lowest BCUT2D eigenvalue weighted by Crippen LogP contribution is -2.32. The fourth-order valence-electron chi connectivity index (χ4n) is 1.27. The van der Waals surface area contributed by atoms with E-state index in [4.69, 9.17) is 5.11 Å². The number of benzene rings is 1. The Balaban J connectivity index is 2.17. The zero-order chi connectivity index (χ0) is 13.2. The van der Waals surface area contributed by atoms with E-state index in [1.165, 1.54) is 0 Å². The normalized spacial score (nSPS) is 10.2. The number of urea groups is 1. The summed E-state index contributed by atoms with van der Waals surface area (Å²) in [6.07, 6.45) is 3.80. The third-order valence-corrected chi connectivity index (χ3v) is 2.14. The van der Waals surface area contributed by atoms with Crippen molar-refractivity contribution in [2.75, 3.05) is 6.54 Å². The summed E-state index contributed by atoms with van der Waals surface area (Å²) in [5.41, 5.74) is 0.990. The van der Waals surface area contributed by atoms with Gasteiger partial charge < -0.3 is 15.7 Å². The Morgan fingerprint density at radius 3 is 2.61 bits per heavy atom. The highest BCUT2D eigenvalue weighted by atomic mass is 16.4. The molecule has 0 bridgehead atoms. The molecule has 0 aliphatic rings. The Labute approximate surface area is 106 Å². The highest BCUT2D eigenvalue weighted by Gasteiger charge is 1.98. The maximum absolute atomic E-state index is 11.3. The number of hydrogen-bond acceptors (Lipinski definition) is 2. The lowest BCUT2D eigenvalue weighted by molar-refractivity contribution is -0.137. The van der Waals surface area contributed by atoms with Crippen LogP contribution in [0.4, 0.5) is 4.79 Å². The predicted octanol–water partition coefficient (Wildman–Crippen LogP) is 1.82. The van der Waals surface area contributed by atoms with Gasteiger partial charge in [0.15, 0.2) is 0 Å². The third-order valence-electron chi connectivity index (χ3n) is 2.14. The summed E-state index contributed by atoms with van der Waals surface area (Å²) in [7, 11) is 0. The Kier molecular flexibility index (Phi) is 6.03. The SMILES string of the molecule is O=C(O)CCCNC(=O)N/C=C/c1ccccc1. The molecule has 1 aromatic rings. The summed E-state index contributed by atoms with van der Waals surface area (Å²) in [5.74, 6) is -0.860. The van der Waals surface area contributed by atoms with Crippen LogP contribution in [0.15, 0.2) is 36.5 Å². The van der Waals surface area contributed by atoms with Crippen LogP contribution in [0.1, 0.15) is 18.4 Å². The van der Waals surface area contributed by atoms with E-state index in [0.717, 1.165) is 5.56 Å². The molecular weight excluding hydrogens is 232 g/mol. The van der Waals surface area contributed by atoms with E-state index in [9.17, 15) is 9.59 Å². The molecule has 0 fully saturated rings. The van der Waals surface area contributed by atoms with E-state index in [1.807, 2.05) is 30.3 Å². The number of carbonyl (C=O) groups is 2. The highest BCUT2D eigenvalue weighted by molar-refractivity contribution is 5.75. The molecule has 0 saturated carbocycles. The summed E-state index contributed by atoms with van der Waals surface area (Å²) in [4.78, 5) is 21.5. The summed E-state index contributed by atoms with van der Waals surface area (Å²) in [6, 6.07) is 9.23. The second-order valence-corrected chi connectivity index (χ2v) is 3.64. The number of nitrogens with one attached hydrogen (secondary N) is 2. The van der Waals surface area contributed by atoms with Crippen molar-refractivity contribution in [1.82, 2.24) is 10.6 Å². The molecule has 0 saturated heterocycles. The topological polar surface area (TPSA) is 78.4 Å². The minimum atomic E-state index is -0.860. The minimum Gasteiger partial charge on any atom is -0.481 e. The molecule has 1 aromatic carbocycles. The molecule has 1 rings (SSSR count). The van der Waals surface area contributed by atoms with Crippen molar-refractivity contribution in [3.63, 3.8) is 0 Å². The molecule has 96 valence electrons. The Bertz CT molecular complexity index is 416. The van der Waals surface area contributed by atoms with Gasteiger partial charge in [-0.05, 0) is 18.1 Å². The maximum Gasteiger partial charge on any atom is 0.318 e. The van der Waals surface area contributed by atoms with E-state index in [0.29, 0.717) is 13.0 Å². The first-order valence-electron chi connectivity index (χ1n) is 5.66. The van der Waals surface area contributed by atoms with Crippen LogP contribution in [0.5, 0.6) is 0 Å². The predicted molar refractivity (Wildman–Crippen MR) is 68.9 cm³/mol. The molecule has 0 unspecified atom stereocenters. The van der Waals surface area contributed by atoms with Crippen molar-refractivity contribution in [1.29, 1.82) is 0 Å². The minimum absolute atomic E-state index is 0.0557. The number of amides is 2. The molecule has 0 aliphatic heterocycles. The zero-order valence-corrected chi connectivity index (χ0v) is 9.93.